The molecule has 0 spiro atoms. The summed E-state index contributed by atoms with van der Waals surface area (Å²) in [5, 5.41) is 3.65. The van der Waals surface area contributed by atoms with Gasteiger partial charge >= 0.3 is 0 Å². The van der Waals surface area contributed by atoms with Crippen LogP contribution in [0.15, 0.2) is 53.5 Å². The Hall–Kier alpha value is -1.15. The molecule has 0 radical (unpaired) electrons. The third kappa shape index (κ3) is 4.45. The van der Waals surface area contributed by atoms with E-state index < -0.39 is 0 Å². The van der Waals surface area contributed by atoms with Gasteiger partial charge < -0.3 is 5.32 Å². The summed E-state index contributed by atoms with van der Waals surface area (Å²) in [4.78, 5) is 1.32. The van der Waals surface area contributed by atoms with E-state index in [0.29, 0.717) is 0 Å². The minimum absolute atomic E-state index is 0.723. The Bertz CT molecular complexity index is 478. The van der Waals surface area contributed by atoms with Gasteiger partial charge in [0, 0.05) is 22.9 Å². The molecule has 108 valence electrons. The quantitative estimate of drug-likeness (QED) is 0.557. The third-order valence-corrected chi connectivity index (χ3v) is 4.78. The Morgan fingerprint density at radius 1 is 1.40 bits per heavy atom. The molecule has 2 heteroatoms. The van der Waals surface area contributed by atoms with Gasteiger partial charge in [0.15, 0.2) is 0 Å². The maximum atomic E-state index is 3.79. The van der Waals surface area contributed by atoms with Crippen LogP contribution in [0.3, 0.4) is 0 Å². The first-order valence-electron chi connectivity index (χ1n) is 7.43. The summed E-state index contributed by atoms with van der Waals surface area (Å²) >= 11 is 1.84. The average Bonchev–Trinajstić information content (AvgIpc) is 2.43. The first kappa shape index (κ1) is 15.2. The van der Waals surface area contributed by atoms with E-state index in [4.69, 9.17) is 0 Å². The highest BCUT2D eigenvalue weighted by molar-refractivity contribution is 7.99. The molecule has 20 heavy (non-hydrogen) atoms. The smallest absolute Gasteiger partial charge is 0.0478 e. The summed E-state index contributed by atoms with van der Waals surface area (Å²) in [6, 6.07) is 8.58. The monoisotopic (exact) mass is 287 g/mol. The number of hydrogen-bond acceptors (Lipinski definition) is 2. The molecule has 2 atom stereocenters. The first-order chi connectivity index (χ1) is 9.69. The topological polar surface area (TPSA) is 12.0 Å². The molecular weight excluding hydrogens is 262 g/mol. The molecule has 0 fully saturated rings. The average molecular weight is 287 g/mol. The molecule has 2 unspecified atom stereocenters. The van der Waals surface area contributed by atoms with Crippen molar-refractivity contribution in [2.24, 2.45) is 11.8 Å². The normalized spacial score (nSPS) is 22.2. The molecule has 1 aromatic carbocycles. The second kappa shape index (κ2) is 7.58. The van der Waals surface area contributed by atoms with Crippen molar-refractivity contribution in [2.45, 2.75) is 31.6 Å². The molecule has 1 aliphatic rings. The van der Waals surface area contributed by atoms with E-state index in [2.05, 4.69) is 56.1 Å². The van der Waals surface area contributed by atoms with Gasteiger partial charge in [0.25, 0.3) is 0 Å². The highest BCUT2D eigenvalue weighted by Gasteiger charge is 2.18. The Labute approximate surface area is 127 Å². The van der Waals surface area contributed by atoms with Gasteiger partial charge in [-0.2, -0.15) is 0 Å². The van der Waals surface area contributed by atoms with Crippen molar-refractivity contribution in [3.05, 3.63) is 48.6 Å². The largest absolute Gasteiger partial charge is 0.384 e. The van der Waals surface area contributed by atoms with E-state index in [1.165, 1.54) is 23.4 Å². The molecule has 0 amide bonds. The fourth-order valence-corrected chi connectivity index (χ4v) is 3.75. The zero-order chi connectivity index (χ0) is 14.4. The molecule has 2 rings (SSSR count). The van der Waals surface area contributed by atoms with E-state index in [1.54, 1.807) is 5.57 Å². The molecule has 1 aliphatic carbocycles. The SMILES string of the molecule is C=CCSc1ccccc1NCC1CC(C)=CC(C)C1. The van der Waals surface area contributed by atoms with Crippen LogP contribution in [-0.4, -0.2) is 12.3 Å². The van der Waals surface area contributed by atoms with Gasteiger partial charge in [-0.15, -0.1) is 18.3 Å². The lowest BCUT2D eigenvalue weighted by molar-refractivity contribution is 0.421. The maximum Gasteiger partial charge on any atom is 0.0478 e. The van der Waals surface area contributed by atoms with Crippen molar-refractivity contribution >= 4 is 17.4 Å². The molecular formula is C18H25NS. The Balaban J connectivity index is 1.94. The van der Waals surface area contributed by atoms with Crippen molar-refractivity contribution in [2.75, 3.05) is 17.6 Å². The summed E-state index contributed by atoms with van der Waals surface area (Å²) in [5.41, 5.74) is 2.81. The Morgan fingerprint density at radius 3 is 2.95 bits per heavy atom. The number of rotatable bonds is 6. The highest BCUT2D eigenvalue weighted by Crippen LogP contribution is 2.30. The second-order valence-corrected chi connectivity index (χ2v) is 6.83. The van der Waals surface area contributed by atoms with Crippen molar-refractivity contribution in [1.82, 2.24) is 0 Å². The fraction of sp³-hybridized carbons (Fsp3) is 0.444. The minimum Gasteiger partial charge on any atom is -0.384 e. The minimum atomic E-state index is 0.723. The number of hydrogen-bond donors (Lipinski definition) is 1. The Kier molecular flexibility index (Phi) is 5.78. The first-order valence-corrected chi connectivity index (χ1v) is 8.41. The van der Waals surface area contributed by atoms with Gasteiger partial charge in [-0.3, -0.25) is 0 Å². The number of benzene rings is 1. The van der Waals surface area contributed by atoms with Crippen LogP contribution in [0.25, 0.3) is 0 Å². The van der Waals surface area contributed by atoms with Gasteiger partial charge in [0.2, 0.25) is 0 Å². The lowest BCUT2D eigenvalue weighted by atomic mass is 9.84. The Morgan fingerprint density at radius 2 is 2.20 bits per heavy atom. The van der Waals surface area contributed by atoms with Crippen LogP contribution in [0.5, 0.6) is 0 Å². The van der Waals surface area contributed by atoms with Crippen molar-refractivity contribution in [3.63, 3.8) is 0 Å². The summed E-state index contributed by atoms with van der Waals surface area (Å²) < 4.78 is 0. The van der Waals surface area contributed by atoms with Crippen LogP contribution in [0.1, 0.15) is 26.7 Å². The van der Waals surface area contributed by atoms with Crippen LogP contribution in [0.2, 0.25) is 0 Å². The molecule has 0 saturated heterocycles. The van der Waals surface area contributed by atoms with Gasteiger partial charge in [0.1, 0.15) is 0 Å². The standard InChI is InChI=1S/C18H25NS/c1-4-9-20-18-8-6-5-7-17(18)19-13-16-11-14(2)10-15(3)12-16/h4-8,10,14,16,19H,1,9,11-13H2,2-3H3. The predicted octanol–water partition coefficient (Wildman–Crippen LogP) is 5.37. The third-order valence-electron chi connectivity index (χ3n) is 3.71. The number of para-hydroxylation sites is 1. The fourth-order valence-electron chi connectivity index (χ4n) is 2.98. The summed E-state index contributed by atoms with van der Waals surface area (Å²) in [7, 11) is 0. The van der Waals surface area contributed by atoms with Crippen LogP contribution in [0, 0.1) is 11.8 Å². The number of thioether (sulfide) groups is 1. The zero-order valence-corrected chi connectivity index (χ0v) is 13.4. The van der Waals surface area contributed by atoms with Crippen LogP contribution in [-0.2, 0) is 0 Å². The van der Waals surface area contributed by atoms with Crippen molar-refractivity contribution < 1.29 is 0 Å². The number of nitrogens with one attached hydrogen (secondary N) is 1. The van der Waals surface area contributed by atoms with E-state index in [-0.39, 0.29) is 0 Å². The molecule has 0 saturated carbocycles. The van der Waals surface area contributed by atoms with Gasteiger partial charge in [-0.05, 0) is 43.7 Å². The molecule has 1 nitrogen and oxygen atoms in total. The van der Waals surface area contributed by atoms with Crippen LogP contribution >= 0.6 is 11.8 Å². The zero-order valence-electron chi connectivity index (χ0n) is 12.6. The van der Waals surface area contributed by atoms with E-state index in [0.717, 1.165) is 24.1 Å². The van der Waals surface area contributed by atoms with E-state index >= 15 is 0 Å². The van der Waals surface area contributed by atoms with Gasteiger partial charge in [-0.25, -0.2) is 0 Å². The predicted molar refractivity (Wildman–Crippen MR) is 91.5 cm³/mol. The van der Waals surface area contributed by atoms with E-state index in [9.17, 15) is 0 Å². The van der Waals surface area contributed by atoms with Gasteiger partial charge in [-0.1, -0.05) is 36.8 Å². The summed E-state index contributed by atoms with van der Waals surface area (Å²) in [5.74, 6) is 2.44. The van der Waals surface area contributed by atoms with Crippen LogP contribution in [0.4, 0.5) is 5.69 Å². The number of anilines is 1. The van der Waals surface area contributed by atoms with Crippen LogP contribution < -0.4 is 5.32 Å². The second-order valence-electron chi connectivity index (χ2n) is 5.77. The maximum absolute atomic E-state index is 3.79. The molecule has 0 aromatic heterocycles. The van der Waals surface area contributed by atoms with Crippen molar-refractivity contribution in [1.29, 1.82) is 0 Å². The number of allylic oxidation sites excluding steroid dienone is 2. The molecule has 0 heterocycles. The summed E-state index contributed by atoms with van der Waals surface area (Å²) in [6.45, 7) is 9.45. The highest BCUT2D eigenvalue weighted by atomic mass is 32.2. The van der Waals surface area contributed by atoms with E-state index in [1.807, 2.05) is 17.8 Å². The van der Waals surface area contributed by atoms with Crippen molar-refractivity contribution in [3.8, 4) is 0 Å². The summed E-state index contributed by atoms with van der Waals surface area (Å²) in [6.07, 6.45) is 6.91. The molecule has 0 bridgehead atoms. The lowest BCUT2D eigenvalue weighted by Crippen LogP contribution is -2.20. The molecule has 1 N–H and O–H groups in total. The molecule has 0 aliphatic heterocycles. The van der Waals surface area contributed by atoms with Gasteiger partial charge in [0.05, 0.1) is 0 Å². The molecule has 1 aromatic rings. The lowest BCUT2D eigenvalue weighted by Gasteiger charge is -2.26.